The highest BCUT2D eigenvalue weighted by atomic mass is 32.2. The van der Waals surface area contributed by atoms with Gasteiger partial charge in [0.25, 0.3) is 0 Å². The summed E-state index contributed by atoms with van der Waals surface area (Å²) in [6.07, 6.45) is 2.45. The van der Waals surface area contributed by atoms with Crippen molar-refractivity contribution in [3.05, 3.63) is 54.1 Å². The number of hydrogen-bond donors (Lipinski definition) is 1. The van der Waals surface area contributed by atoms with Crippen LogP contribution in [0.2, 0.25) is 0 Å². The summed E-state index contributed by atoms with van der Waals surface area (Å²) in [5.41, 5.74) is 0.0436. The zero-order valence-electron chi connectivity index (χ0n) is 17.5. The van der Waals surface area contributed by atoms with E-state index in [2.05, 4.69) is 5.32 Å². The van der Waals surface area contributed by atoms with Gasteiger partial charge in [-0.05, 0) is 56.2 Å². The van der Waals surface area contributed by atoms with Crippen molar-refractivity contribution in [2.45, 2.75) is 30.7 Å². The van der Waals surface area contributed by atoms with Crippen molar-refractivity contribution in [2.75, 3.05) is 29.0 Å². The molecular formula is C20H23F2N3O5S2. The molecule has 0 aliphatic carbocycles. The highest BCUT2D eigenvalue weighted by Gasteiger charge is 2.30. The second-order valence-electron chi connectivity index (χ2n) is 7.46. The fourth-order valence-electron chi connectivity index (χ4n) is 3.47. The third-order valence-corrected chi connectivity index (χ3v) is 8.23. The van der Waals surface area contributed by atoms with Crippen LogP contribution in [-0.2, 0) is 24.8 Å². The smallest absolute Gasteiger partial charge is 0.247 e. The van der Waals surface area contributed by atoms with Gasteiger partial charge in [0.1, 0.15) is 6.04 Å². The van der Waals surface area contributed by atoms with Crippen LogP contribution in [0, 0.1) is 11.6 Å². The van der Waals surface area contributed by atoms with E-state index in [0.29, 0.717) is 23.5 Å². The maximum absolute atomic E-state index is 13.6. The van der Waals surface area contributed by atoms with Crippen molar-refractivity contribution in [1.29, 1.82) is 0 Å². The topological polar surface area (TPSA) is 104 Å². The Kier molecular flexibility index (Phi) is 6.86. The second-order valence-corrected chi connectivity index (χ2v) is 11.3. The summed E-state index contributed by atoms with van der Waals surface area (Å²) < 4.78 is 78.7. The SMILES string of the molecule is C[C@@H](C(=O)Nc1ccc(S(=O)(=O)N2CCCC2)cc1)N(c1ccc(F)c(F)c1)S(C)(=O)=O. The molecule has 0 aromatic heterocycles. The number of halogens is 2. The van der Waals surface area contributed by atoms with Crippen LogP contribution < -0.4 is 9.62 Å². The number of rotatable bonds is 7. The molecule has 1 fully saturated rings. The molecule has 32 heavy (non-hydrogen) atoms. The third kappa shape index (κ3) is 5.08. The lowest BCUT2D eigenvalue weighted by Gasteiger charge is -2.28. The van der Waals surface area contributed by atoms with E-state index in [1.165, 1.54) is 35.5 Å². The highest BCUT2D eigenvalue weighted by molar-refractivity contribution is 7.92. The van der Waals surface area contributed by atoms with Crippen LogP contribution in [0.3, 0.4) is 0 Å². The molecule has 8 nitrogen and oxygen atoms in total. The van der Waals surface area contributed by atoms with Gasteiger partial charge in [-0.15, -0.1) is 0 Å². The van der Waals surface area contributed by atoms with E-state index in [-0.39, 0.29) is 16.3 Å². The Bertz CT molecular complexity index is 1210. The number of benzene rings is 2. The van der Waals surface area contributed by atoms with Crippen LogP contribution in [0.1, 0.15) is 19.8 Å². The lowest BCUT2D eigenvalue weighted by atomic mass is 10.2. The molecule has 3 rings (SSSR count). The Morgan fingerprint density at radius 2 is 1.59 bits per heavy atom. The second kappa shape index (κ2) is 9.12. The summed E-state index contributed by atoms with van der Waals surface area (Å²) in [5.74, 6) is -3.14. The quantitative estimate of drug-likeness (QED) is 0.647. The van der Waals surface area contributed by atoms with Crippen molar-refractivity contribution in [3.8, 4) is 0 Å². The van der Waals surface area contributed by atoms with Crippen LogP contribution in [0.5, 0.6) is 0 Å². The molecule has 1 N–H and O–H groups in total. The van der Waals surface area contributed by atoms with E-state index in [9.17, 15) is 30.4 Å². The van der Waals surface area contributed by atoms with Crippen LogP contribution in [-0.4, -0.2) is 52.4 Å². The molecule has 0 bridgehead atoms. The van der Waals surface area contributed by atoms with E-state index < -0.39 is 43.6 Å². The molecule has 1 heterocycles. The monoisotopic (exact) mass is 487 g/mol. The number of carbonyl (C=O) groups is 1. The number of nitrogens with one attached hydrogen (secondary N) is 1. The predicted octanol–water partition coefficient (Wildman–Crippen LogP) is 2.54. The number of anilines is 2. The Hall–Kier alpha value is -2.57. The van der Waals surface area contributed by atoms with Gasteiger partial charge in [-0.2, -0.15) is 4.31 Å². The Labute approximate surface area is 185 Å². The zero-order valence-corrected chi connectivity index (χ0v) is 19.1. The number of sulfonamides is 2. The number of nitrogens with zero attached hydrogens (tertiary/aromatic N) is 2. The fourth-order valence-corrected chi connectivity index (χ4v) is 6.15. The van der Waals surface area contributed by atoms with E-state index in [4.69, 9.17) is 0 Å². The Morgan fingerprint density at radius 3 is 2.12 bits per heavy atom. The third-order valence-electron chi connectivity index (χ3n) is 5.07. The van der Waals surface area contributed by atoms with Gasteiger partial charge >= 0.3 is 0 Å². The summed E-state index contributed by atoms with van der Waals surface area (Å²) in [5, 5.41) is 2.52. The summed E-state index contributed by atoms with van der Waals surface area (Å²) in [4.78, 5) is 12.8. The molecule has 1 aliphatic rings. The molecule has 0 unspecified atom stereocenters. The molecule has 1 atom stereocenters. The minimum Gasteiger partial charge on any atom is -0.324 e. The molecule has 174 valence electrons. The van der Waals surface area contributed by atoms with Gasteiger partial charge in [-0.3, -0.25) is 9.10 Å². The van der Waals surface area contributed by atoms with Crippen LogP contribution in [0.4, 0.5) is 20.2 Å². The van der Waals surface area contributed by atoms with Gasteiger partial charge in [-0.1, -0.05) is 0 Å². The minimum absolute atomic E-state index is 0.0880. The van der Waals surface area contributed by atoms with Crippen LogP contribution in [0.25, 0.3) is 0 Å². The maximum Gasteiger partial charge on any atom is 0.247 e. The average molecular weight is 488 g/mol. The minimum atomic E-state index is -4.02. The van der Waals surface area contributed by atoms with Crippen molar-refractivity contribution in [2.24, 2.45) is 0 Å². The summed E-state index contributed by atoms with van der Waals surface area (Å²) in [7, 11) is -7.63. The van der Waals surface area contributed by atoms with Gasteiger partial charge in [-0.25, -0.2) is 25.6 Å². The lowest BCUT2D eigenvalue weighted by Crippen LogP contribution is -2.45. The van der Waals surface area contributed by atoms with Crippen LogP contribution >= 0.6 is 0 Å². The number of amides is 1. The van der Waals surface area contributed by atoms with E-state index in [1.807, 2.05) is 0 Å². The van der Waals surface area contributed by atoms with E-state index in [0.717, 1.165) is 31.2 Å². The number of carbonyl (C=O) groups excluding carboxylic acids is 1. The van der Waals surface area contributed by atoms with Gasteiger partial charge in [0.05, 0.1) is 16.8 Å². The molecule has 0 spiro atoms. The first kappa shape index (κ1) is 24.1. The van der Waals surface area contributed by atoms with Gasteiger partial charge in [0, 0.05) is 24.8 Å². The lowest BCUT2D eigenvalue weighted by molar-refractivity contribution is -0.116. The van der Waals surface area contributed by atoms with Crippen molar-refractivity contribution < 1.29 is 30.4 Å². The number of hydrogen-bond acceptors (Lipinski definition) is 5. The average Bonchev–Trinajstić information content (AvgIpc) is 3.26. The van der Waals surface area contributed by atoms with Gasteiger partial charge < -0.3 is 5.32 Å². The largest absolute Gasteiger partial charge is 0.324 e. The van der Waals surface area contributed by atoms with E-state index in [1.54, 1.807) is 0 Å². The Morgan fingerprint density at radius 1 is 1.00 bits per heavy atom. The molecule has 1 aliphatic heterocycles. The van der Waals surface area contributed by atoms with Crippen LogP contribution in [0.15, 0.2) is 47.4 Å². The molecule has 2 aromatic carbocycles. The first-order valence-electron chi connectivity index (χ1n) is 9.77. The fraction of sp³-hybridized carbons (Fsp3) is 0.350. The molecule has 12 heteroatoms. The molecule has 0 radical (unpaired) electrons. The summed E-state index contributed by atoms with van der Waals surface area (Å²) in [6, 6.07) is 6.73. The predicted molar refractivity (Wildman–Crippen MR) is 116 cm³/mol. The maximum atomic E-state index is 13.6. The van der Waals surface area contributed by atoms with Gasteiger partial charge in [0.15, 0.2) is 11.6 Å². The first-order chi connectivity index (χ1) is 14.9. The standard InChI is InChI=1S/C20H23F2N3O5S2/c1-14(25(31(2,27)28)16-7-10-18(21)19(22)13-16)20(26)23-15-5-8-17(9-6-15)32(29,30)24-11-3-4-12-24/h5-10,13-14H,3-4,11-12H2,1-2H3,(H,23,26)/t14-/m0/s1. The molecule has 0 saturated carbocycles. The highest BCUT2D eigenvalue weighted by Crippen LogP contribution is 2.25. The Balaban J connectivity index is 1.79. The summed E-state index contributed by atoms with van der Waals surface area (Å²) in [6.45, 7) is 2.22. The first-order valence-corrected chi connectivity index (χ1v) is 13.1. The molecule has 1 saturated heterocycles. The van der Waals surface area contributed by atoms with E-state index >= 15 is 0 Å². The van der Waals surface area contributed by atoms with Crippen molar-refractivity contribution in [1.82, 2.24) is 4.31 Å². The summed E-state index contributed by atoms with van der Waals surface area (Å²) >= 11 is 0. The zero-order chi connectivity index (χ0) is 23.7. The molecular weight excluding hydrogens is 464 g/mol. The van der Waals surface area contributed by atoms with Crippen molar-refractivity contribution in [3.63, 3.8) is 0 Å². The van der Waals surface area contributed by atoms with Crippen molar-refractivity contribution >= 4 is 37.3 Å². The molecule has 1 amide bonds. The van der Waals surface area contributed by atoms with Gasteiger partial charge in [0.2, 0.25) is 26.0 Å². The normalized spacial score (nSPS) is 16.0. The molecule has 2 aromatic rings.